The standard InChI is InChI=1S/C29H28F2N2O4/c1-19-25(33-28(37-19)21-7-4-3-5-8-21)15-16-36-23-13-11-20(12-14-23)17-26(29(34)35-2)32-18-22-9-6-10-24(30)27(22)31/h3-14,26,32H,15-18H2,1-2H3. The van der Waals surface area contributed by atoms with Crippen LogP contribution in [0.2, 0.25) is 0 Å². The molecule has 0 spiro atoms. The van der Waals surface area contributed by atoms with Crippen molar-refractivity contribution in [3.05, 3.63) is 107 Å². The van der Waals surface area contributed by atoms with Crippen LogP contribution in [0.25, 0.3) is 11.5 Å². The zero-order chi connectivity index (χ0) is 26.2. The lowest BCUT2D eigenvalue weighted by Gasteiger charge is -2.17. The van der Waals surface area contributed by atoms with Crippen LogP contribution in [0.5, 0.6) is 5.75 Å². The number of hydrogen-bond donors (Lipinski definition) is 1. The first kappa shape index (κ1) is 26.0. The van der Waals surface area contributed by atoms with E-state index in [2.05, 4.69) is 10.3 Å². The molecule has 0 saturated heterocycles. The van der Waals surface area contributed by atoms with Crippen LogP contribution in [0.15, 0.2) is 77.2 Å². The molecule has 4 rings (SSSR count). The number of methoxy groups -OCH3 is 1. The highest BCUT2D eigenvalue weighted by atomic mass is 19.2. The molecule has 0 aliphatic heterocycles. The number of oxazole rings is 1. The Morgan fingerprint density at radius 1 is 1.03 bits per heavy atom. The van der Waals surface area contributed by atoms with E-state index in [1.54, 1.807) is 0 Å². The Bertz CT molecular complexity index is 1320. The highest BCUT2D eigenvalue weighted by Crippen LogP contribution is 2.22. The van der Waals surface area contributed by atoms with Crippen molar-refractivity contribution in [1.29, 1.82) is 0 Å². The molecule has 192 valence electrons. The van der Waals surface area contributed by atoms with Crippen LogP contribution < -0.4 is 10.1 Å². The minimum atomic E-state index is -0.933. The first-order valence-corrected chi connectivity index (χ1v) is 11.9. The van der Waals surface area contributed by atoms with Gasteiger partial charge < -0.3 is 13.9 Å². The number of halogens is 2. The summed E-state index contributed by atoms with van der Waals surface area (Å²) in [5.74, 6) is -0.326. The Kier molecular flexibility index (Phi) is 8.64. The van der Waals surface area contributed by atoms with E-state index < -0.39 is 23.6 Å². The predicted octanol–water partition coefficient (Wildman–Crippen LogP) is 5.42. The number of aromatic nitrogens is 1. The van der Waals surface area contributed by atoms with E-state index in [0.717, 1.165) is 28.6 Å². The molecule has 1 heterocycles. The van der Waals surface area contributed by atoms with E-state index in [9.17, 15) is 13.6 Å². The van der Waals surface area contributed by atoms with Crippen LogP contribution in [-0.4, -0.2) is 30.7 Å². The SMILES string of the molecule is COC(=O)C(Cc1ccc(OCCc2nc(-c3ccccc3)oc2C)cc1)NCc1cccc(F)c1F. The molecular formula is C29H28F2N2O4. The Morgan fingerprint density at radius 3 is 2.51 bits per heavy atom. The molecule has 0 aliphatic rings. The summed E-state index contributed by atoms with van der Waals surface area (Å²) in [4.78, 5) is 16.9. The number of esters is 1. The van der Waals surface area contributed by atoms with Crippen molar-refractivity contribution in [2.24, 2.45) is 0 Å². The van der Waals surface area contributed by atoms with Crippen molar-refractivity contribution in [2.75, 3.05) is 13.7 Å². The summed E-state index contributed by atoms with van der Waals surface area (Å²) >= 11 is 0. The van der Waals surface area contributed by atoms with Crippen LogP contribution in [-0.2, 0) is 28.9 Å². The molecule has 0 radical (unpaired) electrons. The fourth-order valence-corrected chi connectivity index (χ4v) is 3.89. The quantitative estimate of drug-likeness (QED) is 0.274. The number of aryl methyl sites for hydroxylation is 1. The lowest BCUT2D eigenvalue weighted by Crippen LogP contribution is -2.39. The lowest BCUT2D eigenvalue weighted by molar-refractivity contribution is -0.143. The van der Waals surface area contributed by atoms with E-state index in [-0.39, 0.29) is 12.1 Å². The van der Waals surface area contributed by atoms with Gasteiger partial charge in [0.25, 0.3) is 0 Å². The number of carbonyl (C=O) groups is 1. The average Bonchev–Trinajstić information content (AvgIpc) is 3.30. The molecule has 3 aromatic carbocycles. The van der Waals surface area contributed by atoms with Gasteiger partial charge in [-0.15, -0.1) is 0 Å². The van der Waals surface area contributed by atoms with Gasteiger partial charge in [-0.2, -0.15) is 0 Å². The van der Waals surface area contributed by atoms with Gasteiger partial charge in [0.1, 0.15) is 17.6 Å². The van der Waals surface area contributed by atoms with E-state index in [0.29, 0.717) is 31.1 Å². The van der Waals surface area contributed by atoms with Gasteiger partial charge in [0.05, 0.1) is 19.4 Å². The molecule has 1 unspecified atom stereocenters. The van der Waals surface area contributed by atoms with Crippen molar-refractivity contribution in [1.82, 2.24) is 10.3 Å². The van der Waals surface area contributed by atoms with Crippen LogP contribution >= 0.6 is 0 Å². The largest absolute Gasteiger partial charge is 0.493 e. The Hall–Kier alpha value is -4.04. The zero-order valence-corrected chi connectivity index (χ0v) is 20.7. The second-order valence-corrected chi connectivity index (χ2v) is 8.50. The van der Waals surface area contributed by atoms with Gasteiger partial charge in [0.15, 0.2) is 11.6 Å². The molecule has 0 amide bonds. The minimum Gasteiger partial charge on any atom is -0.493 e. The van der Waals surface area contributed by atoms with Gasteiger partial charge in [-0.1, -0.05) is 42.5 Å². The molecule has 0 saturated carbocycles. The Labute approximate surface area is 214 Å². The number of benzene rings is 3. The summed E-state index contributed by atoms with van der Waals surface area (Å²) < 4.78 is 44.0. The highest BCUT2D eigenvalue weighted by molar-refractivity contribution is 5.76. The Morgan fingerprint density at radius 2 is 1.78 bits per heavy atom. The monoisotopic (exact) mass is 506 g/mol. The maximum absolute atomic E-state index is 14.0. The van der Waals surface area contributed by atoms with Crippen molar-refractivity contribution in [3.63, 3.8) is 0 Å². The van der Waals surface area contributed by atoms with Crippen LogP contribution in [0.3, 0.4) is 0 Å². The number of nitrogens with one attached hydrogen (secondary N) is 1. The van der Waals surface area contributed by atoms with Crippen molar-refractivity contribution < 1.29 is 27.5 Å². The van der Waals surface area contributed by atoms with Gasteiger partial charge in [0.2, 0.25) is 5.89 Å². The molecule has 37 heavy (non-hydrogen) atoms. The summed E-state index contributed by atoms with van der Waals surface area (Å²) in [6.07, 6.45) is 0.902. The number of carbonyl (C=O) groups excluding carboxylic acids is 1. The number of hydrogen-bond acceptors (Lipinski definition) is 6. The molecule has 4 aromatic rings. The van der Waals surface area contributed by atoms with Crippen molar-refractivity contribution in [3.8, 4) is 17.2 Å². The normalized spacial score (nSPS) is 11.8. The maximum Gasteiger partial charge on any atom is 0.323 e. The first-order chi connectivity index (χ1) is 17.9. The molecule has 0 aliphatic carbocycles. The van der Waals surface area contributed by atoms with E-state index >= 15 is 0 Å². The van der Waals surface area contributed by atoms with Crippen LogP contribution in [0.1, 0.15) is 22.6 Å². The van der Waals surface area contributed by atoms with Crippen LogP contribution in [0, 0.1) is 18.6 Å². The molecule has 8 heteroatoms. The number of nitrogens with zero attached hydrogens (tertiary/aromatic N) is 1. The van der Waals surface area contributed by atoms with Gasteiger partial charge in [-0.05, 0) is 49.2 Å². The van der Waals surface area contributed by atoms with Gasteiger partial charge in [0, 0.05) is 24.1 Å². The lowest BCUT2D eigenvalue weighted by atomic mass is 10.1. The van der Waals surface area contributed by atoms with Gasteiger partial charge >= 0.3 is 5.97 Å². The zero-order valence-electron chi connectivity index (χ0n) is 20.7. The number of ether oxygens (including phenoxy) is 2. The summed E-state index contributed by atoms with van der Waals surface area (Å²) in [5, 5.41) is 2.96. The Balaban J connectivity index is 1.31. The minimum absolute atomic E-state index is 0.0159. The third-order valence-electron chi connectivity index (χ3n) is 5.94. The van der Waals surface area contributed by atoms with E-state index in [1.807, 2.05) is 61.5 Å². The second-order valence-electron chi connectivity index (χ2n) is 8.50. The van der Waals surface area contributed by atoms with Crippen LogP contribution in [0.4, 0.5) is 8.78 Å². The molecule has 0 fully saturated rings. The molecule has 1 atom stereocenters. The topological polar surface area (TPSA) is 73.6 Å². The third-order valence-corrected chi connectivity index (χ3v) is 5.94. The highest BCUT2D eigenvalue weighted by Gasteiger charge is 2.20. The maximum atomic E-state index is 14.0. The van der Waals surface area contributed by atoms with E-state index in [4.69, 9.17) is 13.9 Å². The second kappa shape index (κ2) is 12.3. The van der Waals surface area contributed by atoms with E-state index in [1.165, 1.54) is 19.2 Å². The molecule has 6 nitrogen and oxygen atoms in total. The summed E-state index contributed by atoms with van der Waals surface area (Å²) in [7, 11) is 1.29. The molecule has 0 bridgehead atoms. The van der Waals surface area contributed by atoms with Crippen molar-refractivity contribution in [2.45, 2.75) is 32.4 Å². The van der Waals surface area contributed by atoms with Gasteiger partial charge in [-0.3, -0.25) is 10.1 Å². The summed E-state index contributed by atoms with van der Waals surface area (Å²) in [5.41, 5.74) is 2.76. The molecular weight excluding hydrogens is 478 g/mol. The fourth-order valence-electron chi connectivity index (χ4n) is 3.89. The van der Waals surface area contributed by atoms with Gasteiger partial charge in [-0.25, -0.2) is 13.8 Å². The molecule has 1 N–H and O–H groups in total. The summed E-state index contributed by atoms with van der Waals surface area (Å²) in [6, 6.07) is 20.3. The fraction of sp³-hybridized carbons (Fsp3) is 0.241. The molecule has 1 aromatic heterocycles. The average molecular weight is 507 g/mol. The third kappa shape index (κ3) is 6.80. The predicted molar refractivity (Wildman–Crippen MR) is 135 cm³/mol. The smallest absolute Gasteiger partial charge is 0.323 e. The first-order valence-electron chi connectivity index (χ1n) is 11.9. The summed E-state index contributed by atoms with van der Waals surface area (Å²) in [6.45, 7) is 2.29. The van der Waals surface area contributed by atoms with Crippen molar-refractivity contribution >= 4 is 5.97 Å². The number of rotatable bonds is 11.